The summed E-state index contributed by atoms with van der Waals surface area (Å²) in [5, 5.41) is 1.95. The minimum Gasteiger partial charge on any atom is -0.454 e. The fourth-order valence-corrected chi connectivity index (χ4v) is 1.48. The Morgan fingerprint density at radius 1 is 1.33 bits per heavy atom. The van der Waals surface area contributed by atoms with Gasteiger partial charge in [-0.1, -0.05) is 11.4 Å². The van der Waals surface area contributed by atoms with Gasteiger partial charge in [0, 0.05) is 0 Å². The molecule has 1 aromatic carbocycles. The number of nitrogens with one attached hydrogen (secondary N) is 1. The van der Waals surface area contributed by atoms with Crippen molar-refractivity contribution in [1.82, 2.24) is 5.32 Å². The van der Waals surface area contributed by atoms with Crippen LogP contribution in [0.3, 0.4) is 0 Å². The summed E-state index contributed by atoms with van der Waals surface area (Å²) in [4.78, 5) is 0. The van der Waals surface area contributed by atoms with Crippen molar-refractivity contribution < 1.29 is 9.47 Å². The maximum Gasteiger partial charge on any atom is 0.231 e. The van der Waals surface area contributed by atoms with Gasteiger partial charge in [-0.05, 0) is 31.2 Å². The Balaban J connectivity index is 2.17. The van der Waals surface area contributed by atoms with Gasteiger partial charge in [-0.15, -0.1) is 0 Å². The maximum absolute atomic E-state index is 5.79. The Morgan fingerprint density at radius 3 is 2.80 bits per heavy atom. The monoisotopic (exact) mass is 199 g/mol. The van der Waals surface area contributed by atoms with Crippen LogP contribution in [-0.2, 0) is 6.42 Å². The van der Waals surface area contributed by atoms with Crippen molar-refractivity contribution in [2.75, 3.05) is 13.8 Å². The molecule has 1 aromatic rings. The molecule has 0 aliphatic carbocycles. The first-order valence-corrected chi connectivity index (χ1v) is 4.76. The van der Waals surface area contributed by atoms with Gasteiger partial charge in [-0.2, -0.15) is 0 Å². The van der Waals surface area contributed by atoms with E-state index in [-0.39, 0.29) is 6.79 Å². The van der Waals surface area contributed by atoms with E-state index in [9.17, 15) is 0 Å². The lowest BCUT2D eigenvalue weighted by Crippen LogP contribution is -2.46. The number of fused-ring (bicyclic) bond motifs is 1. The third-order valence-electron chi connectivity index (χ3n) is 2.40. The molecule has 4 radical (unpaired) electrons. The normalized spacial score (nSPS) is 14.2. The van der Waals surface area contributed by atoms with Crippen molar-refractivity contribution in [3.8, 4) is 11.5 Å². The Kier molecular flexibility index (Phi) is 2.65. The van der Waals surface area contributed by atoms with Crippen LogP contribution < -0.4 is 14.8 Å². The molecule has 15 heavy (non-hydrogen) atoms. The molecule has 0 amide bonds. The second-order valence-electron chi connectivity index (χ2n) is 3.65. The molecule has 1 aliphatic rings. The van der Waals surface area contributed by atoms with Gasteiger partial charge in [0.1, 0.15) is 0 Å². The zero-order valence-corrected chi connectivity index (χ0v) is 8.62. The molecule has 74 valence electrons. The minimum absolute atomic E-state index is 0.279. The summed E-state index contributed by atoms with van der Waals surface area (Å²) in [5.41, 5.74) is 1.01. The van der Waals surface area contributed by atoms with E-state index in [0.717, 1.165) is 17.1 Å². The fourth-order valence-electron chi connectivity index (χ4n) is 1.48. The van der Waals surface area contributed by atoms with Crippen LogP contribution in [0.25, 0.3) is 0 Å². The number of likely N-dealkylation sites (N-methyl/N-ethyl adjacent to an activating group) is 1. The molecule has 0 spiro atoms. The first-order chi connectivity index (χ1) is 7.11. The standard InChI is InChI=1S/C10H11B2NO2/c1-13-10(11,12)5-7-2-3-8-9(4-7)15-6-14-8/h2-4,13H,5-6H2,1H3. The van der Waals surface area contributed by atoms with Gasteiger partial charge in [0.05, 0.1) is 15.7 Å². The molecule has 2 rings (SSSR count). The molecule has 0 aromatic heterocycles. The van der Waals surface area contributed by atoms with Gasteiger partial charge in [0.15, 0.2) is 11.5 Å². The Morgan fingerprint density at radius 2 is 2.07 bits per heavy atom. The molecule has 0 fully saturated rings. The third kappa shape index (κ3) is 2.29. The summed E-state index contributed by atoms with van der Waals surface area (Å²) in [5.74, 6) is 1.52. The predicted molar refractivity (Wildman–Crippen MR) is 59.6 cm³/mol. The van der Waals surface area contributed by atoms with Crippen LogP contribution in [0.5, 0.6) is 11.5 Å². The van der Waals surface area contributed by atoms with E-state index in [4.69, 9.17) is 25.2 Å². The van der Waals surface area contributed by atoms with Crippen LogP contribution in [0.2, 0.25) is 0 Å². The minimum atomic E-state index is -0.895. The summed E-state index contributed by atoms with van der Waals surface area (Å²) < 4.78 is 10.5. The third-order valence-corrected chi connectivity index (χ3v) is 2.40. The SMILES string of the molecule is [B]C([B])(Cc1ccc2c(c1)OCO2)NC. The molecule has 1 aliphatic heterocycles. The van der Waals surface area contributed by atoms with Gasteiger partial charge in [-0.3, -0.25) is 0 Å². The Hall–Kier alpha value is -1.09. The smallest absolute Gasteiger partial charge is 0.231 e. The maximum atomic E-state index is 5.79. The number of benzene rings is 1. The van der Waals surface area contributed by atoms with Gasteiger partial charge in [0.2, 0.25) is 6.79 Å². The van der Waals surface area contributed by atoms with E-state index in [0.29, 0.717) is 6.42 Å². The second-order valence-corrected chi connectivity index (χ2v) is 3.65. The van der Waals surface area contributed by atoms with Crippen LogP contribution in [0, 0.1) is 0 Å². The van der Waals surface area contributed by atoms with Crippen LogP contribution in [0.1, 0.15) is 5.56 Å². The van der Waals surface area contributed by atoms with Crippen molar-refractivity contribution >= 4 is 15.7 Å². The number of ether oxygens (including phenoxy) is 2. The van der Waals surface area contributed by atoms with E-state index < -0.39 is 5.34 Å². The molecule has 0 atom stereocenters. The van der Waals surface area contributed by atoms with Crippen molar-refractivity contribution in [1.29, 1.82) is 0 Å². The molecule has 0 unspecified atom stereocenters. The average Bonchev–Trinajstić information content (AvgIpc) is 2.64. The predicted octanol–water partition coefficient (Wildman–Crippen LogP) is 0.168. The quantitative estimate of drug-likeness (QED) is 0.703. The van der Waals surface area contributed by atoms with Crippen LogP contribution in [-0.4, -0.2) is 34.9 Å². The van der Waals surface area contributed by atoms with Crippen molar-refractivity contribution in [2.24, 2.45) is 0 Å². The van der Waals surface area contributed by atoms with Gasteiger partial charge in [0.25, 0.3) is 0 Å². The topological polar surface area (TPSA) is 30.5 Å². The Labute approximate surface area is 92.0 Å². The molecule has 5 heteroatoms. The highest BCUT2D eigenvalue weighted by atomic mass is 16.7. The summed E-state index contributed by atoms with van der Waals surface area (Å²) in [6, 6.07) is 5.69. The van der Waals surface area contributed by atoms with E-state index in [2.05, 4.69) is 5.32 Å². The van der Waals surface area contributed by atoms with Crippen molar-refractivity contribution in [3.05, 3.63) is 23.8 Å². The molecule has 0 bridgehead atoms. The highest BCUT2D eigenvalue weighted by Crippen LogP contribution is 2.32. The van der Waals surface area contributed by atoms with Crippen molar-refractivity contribution in [2.45, 2.75) is 11.8 Å². The fraction of sp³-hybridized carbons (Fsp3) is 0.400. The van der Waals surface area contributed by atoms with Gasteiger partial charge < -0.3 is 14.8 Å². The zero-order chi connectivity index (χ0) is 10.9. The lowest BCUT2D eigenvalue weighted by atomic mass is 9.59. The number of hydrogen-bond acceptors (Lipinski definition) is 3. The first-order valence-electron chi connectivity index (χ1n) is 4.76. The van der Waals surface area contributed by atoms with Crippen LogP contribution >= 0.6 is 0 Å². The van der Waals surface area contributed by atoms with E-state index in [1.54, 1.807) is 7.05 Å². The van der Waals surface area contributed by atoms with Crippen molar-refractivity contribution in [3.63, 3.8) is 0 Å². The van der Waals surface area contributed by atoms with Crippen LogP contribution in [0.4, 0.5) is 0 Å². The largest absolute Gasteiger partial charge is 0.454 e. The van der Waals surface area contributed by atoms with E-state index in [1.807, 2.05) is 18.2 Å². The summed E-state index contributed by atoms with van der Waals surface area (Å²) in [6.07, 6.45) is 0.528. The molecular formula is C10H11B2NO2. The summed E-state index contributed by atoms with van der Waals surface area (Å²) >= 11 is 0. The van der Waals surface area contributed by atoms with Gasteiger partial charge in [-0.25, -0.2) is 0 Å². The van der Waals surface area contributed by atoms with E-state index in [1.165, 1.54) is 0 Å². The molecule has 3 nitrogen and oxygen atoms in total. The molecule has 0 saturated heterocycles. The summed E-state index contributed by atoms with van der Waals surface area (Å²) in [7, 11) is 13.3. The zero-order valence-electron chi connectivity index (χ0n) is 8.62. The molecular weight excluding hydrogens is 188 g/mol. The average molecular weight is 199 g/mol. The van der Waals surface area contributed by atoms with Gasteiger partial charge >= 0.3 is 0 Å². The molecule has 1 heterocycles. The van der Waals surface area contributed by atoms with E-state index >= 15 is 0 Å². The molecule has 1 N–H and O–H groups in total. The summed E-state index contributed by atoms with van der Waals surface area (Å²) in [6.45, 7) is 0.279. The Bertz CT molecular complexity index is 368. The second kappa shape index (κ2) is 3.81. The highest BCUT2D eigenvalue weighted by Gasteiger charge is 2.18. The number of hydrogen-bond donors (Lipinski definition) is 1. The first kappa shape index (κ1) is 10.4. The van der Waals surface area contributed by atoms with Crippen LogP contribution in [0.15, 0.2) is 18.2 Å². The lowest BCUT2D eigenvalue weighted by Gasteiger charge is -2.25. The molecule has 0 saturated carbocycles. The number of rotatable bonds is 3. The lowest BCUT2D eigenvalue weighted by molar-refractivity contribution is 0.174. The highest BCUT2D eigenvalue weighted by molar-refractivity contribution is 6.40.